The van der Waals surface area contributed by atoms with Gasteiger partial charge in [-0.3, -0.25) is 0 Å². The van der Waals surface area contributed by atoms with Crippen molar-refractivity contribution in [2.24, 2.45) is 0 Å². The Balaban J connectivity index is 2.32. The van der Waals surface area contributed by atoms with Gasteiger partial charge in [0.15, 0.2) is 0 Å². The number of alkyl halides is 1. The molecule has 2 aromatic rings. The van der Waals surface area contributed by atoms with E-state index in [1.807, 2.05) is 18.2 Å². The second kappa shape index (κ2) is 4.69. The molecule has 15 heavy (non-hydrogen) atoms. The van der Waals surface area contributed by atoms with E-state index < -0.39 is 0 Å². The summed E-state index contributed by atoms with van der Waals surface area (Å²) in [5, 5.41) is -0.0406. The smallest absolute Gasteiger partial charge is 0.0928 e. The lowest BCUT2D eigenvalue weighted by atomic mass is 10.1. The first-order valence-electron chi connectivity index (χ1n) is 4.63. The molecule has 0 bridgehead atoms. The molecule has 1 unspecified atom stereocenters. The number of benzene rings is 1. The van der Waals surface area contributed by atoms with Gasteiger partial charge in [-0.2, -0.15) is 0 Å². The Hall–Kier alpha value is -0.310. The Morgan fingerprint density at radius 1 is 1.27 bits per heavy atom. The number of rotatable bonds is 2. The molecule has 1 aromatic heterocycles. The highest BCUT2D eigenvalue weighted by atomic mass is 79.9. The van der Waals surface area contributed by atoms with Gasteiger partial charge in [0.1, 0.15) is 0 Å². The van der Waals surface area contributed by atoms with Crippen LogP contribution >= 0.6 is 38.9 Å². The molecule has 0 amide bonds. The Morgan fingerprint density at radius 2 is 1.93 bits per heavy atom. The van der Waals surface area contributed by atoms with Crippen molar-refractivity contribution in [1.29, 1.82) is 0 Å². The zero-order chi connectivity index (χ0) is 10.8. The molecule has 1 heterocycles. The lowest BCUT2D eigenvalue weighted by Gasteiger charge is -2.06. The van der Waals surface area contributed by atoms with Gasteiger partial charge in [0.2, 0.25) is 0 Å². The predicted molar refractivity (Wildman–Crippen MR) is 70.9 cm³/mol. The molecule has 3 heteroatoms. The number of hydrogen-bond donors (Lipinski definition) is 0. The third kappa shape index (κ3) is 2.44. The highest BCUT2D eigenvalue weighted by Crippen LogP contribution is 2.37. The highest BCUT2D eigenvalue weighted by Gasteiger charge is 2.13. The molecule has 0 saturated heterocycles. The maximum atomic E-state index is 6.41. The van der Waals surface area contributed by atoms with Crippen LogP contribution in [0.4, 0.5) is 0 Å². The van der Waals surface area contributed by atoms with Gasteiger partial charge in [0.05, 0.1) is 5.38 Å². The topological polar surface area (TPSA) is 0 Å². The SMILES string of the molecule is Cc1sc(C(Cl)c2ccccc2)cc1Br. The fourth-order valence-electron chi connectivity index (χ4n) is 1.39. The van der Waals surface area contributed by atoms with Gasteiger partial charge in [-0.25, -0.2) is 0 Å². The minimum Gasteiger partial charge on any atom is -0.143 e. The maximum absolute atomic E-state index is 6.41. The van der Waals surface area contributed by atoms with Crippen molar-refractivity contribution >= 4 is 38.9 Å². The predicted octanol–water partition coefficient (Wildman–Crippen LogP) is 5.15. The van der Waals surface area contributed by atoms with Crippen molar-refractivity contribution in [2.45, 2.75) is 12.3 Å². The summed E-state index contributed by atoms with van der Waals surface area (Å²) >= 11 is 11.7. The van der Waals surface area contributed by atoms with Crippen LogP contribution in [0.1, 0.15) is 20.7 Å². The summed E-state index contributed by atoms with van der Waals surface area (Å²) in [6.07, 6.45) is 0. The summed E-state index contributed by atoms with van der Waals surface area (Å²) in [5.74, 6) is 0. The molecule has 0 aliphatic rings. The third-order valence-electron chi connectivity index (χ3n) is 2.22. The average Bonchev–Trinajstić information content (AvgIpc) is 2.59. The number of thiophene rings is 1. The molecule has 0 fully saturated rings. The fourth-order valence-corrected chi connectivity index (χ4v) is 3.30. The maximum Gasteiger partial charge on any atom is 0.0928 e. The summed E-state index contributed by atoms with van der Waals surface area (Å²) < 4.78 is 1.14. The van der Waals surface area contributed by atoms with E-state index in [1.54, 1.807) is 11.3 Å². The molecule has 0 spiro atoms. The fraction of sp³-hybridized carbons (Fsp3) is 0.167. The quantitative estimate of drug-likeness (QED) is 0.673. The summed E-state index contributed by atoms with van der Waals surface area (Å²) in [6, 6.07) is 12.2. The van der Waals surface area contributed by atoms with Crippen molar-refractivity contribution in [3.8, 4) is 0 Å². The Morgan fingerprint density at radius 3 is 2.47 bits per heavy atom. The van der Waals surface area contributed by atoms with E-state index in [0.717, 1.165) is 10.0 Å². The van der Waals surface area contributed by atoms with Crippen molar-refractivity contribution in [3.63, 3.8) is 0 Å². The Labute approximate surface area is 107 Å². The minimum absolute atomic E-state index is 0.0406. The minimum atomic E-state index is -0.0406. The van der Waals surface area contributed by atoms with Gasteiger partial charge < -0.3 is 0 Å². The number of hydrogen-bond acceptors (Lipinski definition) is 1. The molecule has 0 aliphatic heterocycles. The van der Waals surface area contributed by atoms with Gasteiger partial charge >= 0.3 is 0 Å². The van der Waals surface area contributed by atoms with Crippen molar-refractivity contribution < 1.29 is 0 Å². The van der Waals surface area contributed by atoms with Crippen LogP contribution in [-0.2, 0) is 0 Å². The van der Waals surface area contributed by atoms with E-state index in [9.17, 15) is 0 Å². The monoisotopic (exact) mass is 300 g/mol. The molecule has 0 saturated carbocycles. The molecule has 0 aliphatic carbocycles. The van der Waals surface area contributed by atoms with E-state index >= 15 is 0 Å². The Bertz CT molecular complexity index is 430. The molecule has 1 aromatic carbocycles. The molecular weight excluding hydrogens is 292 g/mol. The second-order valence-corrected chi connectivity index (χ2v) is 5.90. The first kappa shape index (κ1) is 11.2. The second-order valence-electron chi connectivity index (χ2n) is 3.33. The first-order chi connectivity index (χ1) is 7.18. The van der Waals surface area contributed by atoms with Gasteiger partial charge in [0, 0.05) is 14.2 Å². The lowest BCUT2D eigenvalue weighted by molar-refractivity contribution is 1.18. The van der Waals surface area contributed by atoms with Crippen LogP contribution in [-0.4, -0.2) is 0 Å². The molecule has 0 N–H and O–H groups in total. The molecule has 78 valence electrons. The number of aryl methyl sites for hydroxylation is 1. The molecule has 0 nitrogen and oxygen atoms in total. The standard InChI is InChI=1S/C12H10BrClS/c1-8-10(13)7-11(15-8)12(14)9-5-3-2-4-6-9/h2-7,12H,1H3. The van der Waals surface area contributed by atoms with Crippen molar-refractivity contribution in [3.05, 3.63) is 56.2 Å². The van der Waals surface area contributed by atoms with E-state index in [0.29, 0.717) is 0 Å². The van der Waals surface area contributed by atoms with Crippen LogP contribution in [0.15, 0.2) is 40.9 Å². The summed E-state index contributed by atoms with van der Waals surface area (Å²) in [7, 11) is 0. The molecular formula is C12H10BrClS. The van der Waals surface area contributed by atoms with E-state index in [1.165, 1.54) is 9.75 Å². The first-order valence-corrected chi connectivity index (χ1v) is 6.68. The Kier molecular flexibility index (Phi) is 3.49. The summed E-state index contributed by atoms with van der Waals surface area (Å²) in [4.78, 5) is 2.46. The van der Waals surface area contributed by atoms with E-state index in [4.69, 9.17) is 11.6 Å². The largest absolute Gasteiger partial charge is 0.143 e. The summed E-state index contributed by atoms with van der Waals surface area (Å²) in [5.41, 5.74) is 1.15. The lowest BCUT2D eigenvalue weighted by Crippen LogP contribution is -1.88. The molecule has 1 atom stereocenters. The molecule has 2 rings (SSSR count). The van der Waals surface area contributed by atoms with Crippen LogP contribution in [0, 0.1) is 6.92 Å². The average molecular weight is 302 g/mol. The van der Waals surface area contributed by atoms with Crippen molar-refractivity contribution in [1.82, 2.24) is 0 Å². The zero-order valence-electron chi connectivity index (χ0n) is 8.21. The van der Waals surface area contributed by atoms with Crippen LogP contribution in [0.25, 0.3) is 0 Å². The van der Waals surface area contributed by atoms with Gasteiger partial charge in [-0.15, -0.1) is 22.9 Å². The van der Waals surface area contributed by atoms with Crippen LogP contribution < -0.4 is 0 Å². The zero-order valence-corrected chi connectivity index (χ0v) is 11.4. The van der Waals surface area contributed by atoms with Crippen molar-refractivity contribution in [2.75, 3.05) is 0 Å². The van der Waals surface area contributed by atoms with Gasteiger partial charge in [0.25, 0.3) is 0 Å². The third-order valence-corrected chi connectivity index (χ3v) is 5.04. The van der Waals surface area contributed by atoms with E-state index in [2.05, 4.69) is 41.1 Å². The van der Waals surface area contributed by atoms with Crippen LogP contribution in [0.5, 0.6) is 0 Å². The molecule has 0 radical (unpaired) electrons. The van der Waals surface area contributed by atoms with Crippen LogP contribution in [0.2, 0.25) is 0 Å². The van der Waals surface area contributed by atoms with Gasteiger partial charge in [-0.05, 0) is 34.5 Å². The van der Waals surface area contributed by atoms with Crippen LogP contribution in [0.3, 0.4) is 0 Å². The summed E-state index contributed by atoms with van der Waals surface area (Å²) in [6.45, 7) is 2.09. The normalized spacial score (nSPS) is 12.7. The number of halogens is 2. The van der Waals surface area contributed by atoms with E-state index in [-0.39, 0.29) is 5.38 Å². The highest BCUT2D eigenvalue weighted by molar-refractivity contribution is 9.10. The van der Waals surface area contributed by atoms with Gasteiger partial charge in [-0.1, -0.05) is 30.3 Å².